The van der Waals surface area contributed by atoms with Crippen molar-refractivity contribution in [1.82, 2.24) is 0 Å². The molecule has 38 heavy (non-hydrogen) atoms. The van der Waals surface area contributed by atoms with Crippen LogP contribution in [0.4, 0.5) is 5.00 Å². The first kappa shape index (κ1) is 28.7. The topological polar surface area (TPSA) is 100 Å². The molecule has 1 aromatic heterocycles. The van der Waals surface area contributed by atoms with E-state index in [-0.39, 0.29) is 28.7 Å². The second-order valence-electron chi connectivity index (χ2n) is 7.85. The number of carbonyl (C=O) groups is 3. The summed E-state index contributed by atoms with van der Waals surface area (Å²) in [5, 5.41) is 3.54. The molecular formula is C28H28ClNO7S. The van der Waals surface area contributed by atoms with Crippen LogP contribution in [0.5, 0.6) is 11.5 Å². The predicted molar refractivity (Wildman–Crippen MR) is 147 cm³/mol. The normalized spacial score (nSPS) is 10.8. The number of rotatable bonds is 11. The maximum atomic E-state index is 12.7. The molecule has 0 spiro atoms. The van der Waals surface area contributed by atoms with Crippen molar-refractivity contribution in [3.05, 3.63) is 80.7 Å². The number of methoxy groups -OCH3 is 1. The molecule has 0 aliphatic heterocycles. The lowest BCUT2D eigenvalue weighted by atomic mass is 10.1. The van der Waals surface area contributed by atoms with Gasteiger partial charge < -0.3 is 24.3 Å². The summed E-state index contributed by atoms with van der Waals surface area (Å²) < 4.78 is 21.5. The van der Waals surface area contributed by atoms with Crippen LogP contribution in [-0.2, 0) is 20.9 Å². The summed E-state index contributed by atoms with van der Waals surface area (Å²) in [7, 11) is 1.53. The molecule has 0 atom stereocenters. The standard InChI is InChI=1S/C28H28ClNO7S/c1-5-35-27(32)24-17(3)25(28(33)36-6-2)38-26(24)30-23(31)14-10-18-9-13-21(22(15-18)34-4)37-16-19-7-11-20(29)12-8-19/h7-15H,5-6,16H2,1-4H3,(H,30,31)/b14-10+. The molecule has 200 valence electrons. The molecule has 1 amide bonds. The van der Waals surface area contributed by atoms with Gasteiger partial charge in [0.05, 0.1) is 25.9 Å². The number of carbonyl (C=O) groups excluding carboxylic acids is 3. The van der Waals surface area contributed by atoms with E-state index in [4.69, 9.17) is 30.5 Å². The Labute approximate surface area is 230 Å². The van der Waals surface area contributed by atoms with Gasteiger partial charge in [-0.1, -0.05) is 29.8 Å². The molecule has 0 saturated carbocycles. The van der Waals surface area contributed by atoms with Gasteiger partial charge in [-0.25, -0.2) is 9.59 Å². The highest BCUT2D eigenvalue weighted by Crippen LogP contribution is 2.34. The lowest BCUT2D eigenvalue weighted by Gasteiger charge is -2.11. The minimum atomic E-state index is -0.630. The number of anilines is 1. The number of ether oxygens (including phenoxy) is 4. The van der Waals surface area contributed by atoms with Crippen LogP contribution in [0.1, 0.15) is 50.6 Å². The fraction of sp³-hybridized carbons (Fsp3) is 0.250. The zero-order chi connectivity index (χ0) is 27.7. The van der Waals surface area contributed by atoms with E-state index in [9.17, 15) is 14.4 Å². The van der Waals surface area contributed by atoms with Crippen molar-refractivity contribution in [1.29, 1.82) is 0 Å². The molecular weight excluding hydrogens is 530 g/mol. The van der Waals surface area contributed by atoms with E-state index < -0.39 is 17.8 Å². The van der Waals surface area contributed by atoms with E-state index in [0.717, 1.165) is 16.9 Å². The molecule has 2 aromatic carbocycles. The molecule has 3 rings (SSSR count). The summed E-state index contributed by atoms with van der Waals surface area (Å²) in [6, 6.07) is 12.6. The lowest BCUT2D eigenvalue weighted by molar-refractivity contribution is -0.111. The number of halogens is 1. The SMILES string of the molecule is CCOC(=O)c1sc(NC(=O)/C=C/c2ccc(OCc3ccc(Cl)cc3)c(OC)c2)c(C(=O)OCC)c1C. The van der Waals surface area contributed by atoms with Gasteiger partial charge in [0.2, 0.25) is 5.91 Å². The van der Waals surface area contributed by atoms with Gasteiger partial charge in [-0.15, -0.1) is 11.3 Å². The van der Waals surface area contributed by atoms with Crippen molar-refractivity contribution < 1.29 is 33.3 Å². The third-order valence-corrected chi connectivity index (χ3v) is 6.69. The summed E-state index contributed by atoms with van der Waals surface area (Å²) in [6.45, 7) is 5.65. The molecule has 0 aliphatic carbocycles. The van der Waals surface area contributed by atoms with Crippen molar-refractivity contribution in [2.75, 3.05) is 25.6 Å². The fourth-order valence-electron chi connectivity index (χ4n) is 3.42. The Morgan fingerprint density at radius 2 is 1.66 bits per heavy atom. The molecule has 0 bridgehead atoms. The number of amides is 1. The minimum absolute atomic E-state index is 0.130. The quantitative estimate of drug-likeness (QED) is 0.218. The highest BCUT2D eigenvalue weighted by Gasteiger charge is 2.27. The highest BCUT2D eigenvalue weighted by molar-refractivity contribution is 7.18. The third-order valence-electron chi connectivity index (χ3n) is 5.25. The zero-order valence-corrected chi connectivity index (χ0v) is 23.0. The number of hydrogen-bond donors (Lipinski definition) is 1. The van der Waals surface area contributed by atoms with E-state index in [1.807, 2.05) is 12.1 Å². The van der Waals surface area contributed by atoms with Crippen LogP contribution in [0.3, 0.4) is 0 Å². The smallest absolute Gasteiger partial charge is 0.348 e. The second kappa shape index (κ2) is 13.6. The van der Waals surface area contributed by atoms with Crippen LogP contribution in [0.2, 0.25) is 5.02 Å². The molecule has 1 heterocycles. The molecule has 0 unspecified atom stereocenters. The monoisotopic (exact) mass is 557 g/mol. The average Bonchev–Trinajstić information content (AvgIpc) is 3.23. The van der Waals surface area contributed by atoms with Gasteiger partial charge >= 0.3 is 11.9 Å². The Morgan fingerprint density at radius 1 is 0.974 bits per heavy atom. The third kappa shape index (κ3) is 7.36. The van der Waals surface area contributed by atoms with Crippen molar-refractivity contribution in [3.8, 4) is 11.5 Å². The number of thiophene rings is 1. The van der Waals surface area contributed by atoms with Gasteiger partial charge in [-0.3, -0.25) is 4.79 Å². The molecule has 0 aliphatic rings. The number of benzene rings is 2. The van der Waals surface area contributed by atoms with E-state index in [2.05, 4.69) is 5.32 Å². The average molecular weight is 558 g/mol. The Morgan fingerprint density at radius 3 is 2.32 bits per heavy atom. The number of nitrogens with one attached hydrogen (secondary N) is 1. The molecule has 0 fully saturated rings. The summed E-state index contributed by atoms with van der Waals surface area (Å²) >= 11 is 6.89. The van der Waals surface area contributed by atoms with Gasteiger partial charge in [-0.05, 0) is 67.8 Å². The lowest BCUT2D eigenvalue weighted by Crippen LogP contribution is -2.13. The van der Waals surface area contributed by atoms with Crippen LogP contribution >= 0.6 is 22.9 Å². The molecule has 8 nitrogen and oxygen atoms in total. The summed E-state index contributed by atoms with van der Waals surface area (Å²) in [4.78, 5) is 37.8. The van der Waals surface area contributed by atoms with Gasteiger partial charge in [0.15, 0.2) is 11.5 Å². The predicted octanol–water partition coefficient (Wildman–Crippen LogP) is 6.30. The summed E-state index contributed by atoms with van der Waals surface area (Å²) in [6.07, 6.45) is 2.91. The van der Waals surface area contributed by atoms with Gasteiger partial charge in [0, 0.05) is 11.1 Å². The maximum Gasteiger partial charge on any atom is 0.348 e. The Hall–Kier alpha value is -3.82. The van der Waals surface area contributed by atoms with E-state index in [0.29, 0.717) is 34.3 Å². The second-order valence-corrected chi connectivity index (χ2v) is 9.31. The van der Waals surface area contributed by atoms with E-state index in [1.165, 1.54) is 13.2 Å². The molecule has 10 heteroatoms. The molecule has 0 saturated heterocycles. The van der Waals surface area contributed by atoms with E-state index >= 15 is 0 Å². The van der Waals surface area contributed by atoms with Crippen LogP contribution in [0, 0.1) is 6.92 Å². The van der Waals surface area contributed by atoms with E-state index in [1.54, 1.807) is 57.2 Å². The maximum absolute atomic E-state index is 12.7. The van der Waals surface area contributed by atoms with Gasteiger partial charge in [0.25, 0.3) is 0 Å². The van der Waals surface area contributed by atoms with Crippen LogP contribution in [0.15, 0.2) is 48.5 Å². The van der Waals surface area contributed by atoms with Gasteiger partial charge in [-0.2, -0.15) is 0 Å². The Kier molecular flexibility index (Phi) is 10.3. The minimum Gasteiger partial charge on any atom is -0.493 e. The summed E-state index contributed by atoms with van der Waals surface area (Å²) in [5.41, 5.74) is 2.17. The van der Waals surface area contributed by atoms with Crippen molar-refractivity contribution >= 4 is 51.9 Å². The highest BCUT2D eigenvalue weighted by atomic mass is 35.5. The van der Waals surface area contributed by atoms with Gasteiger partial charge in [0.1, 0.15) is 16.5 Å². The largest absolute Gasteiger partial charge is 0.493 e. The van der Waals surface area contributed by atoms with Crippen LogP contribution in [0.25, 0.3) is 6.08 Å². The fourth-order valence-corrected chi connectivity index (χ4v) is 4.63. The number of esters is 2. The first-order chi connectivity index (χ1) is 18.3. The van der Waals surface area contributed by atoms with Crippen molar-refractivity contribution in [3.63, 3.8) is 0 Å². The Bertz CT molecular complexity index is 1330. The van der Waals surface area contributed by atoms with Crippen LogP contribution < -0.4 is 14.8 Å². The Balaban J connectivity index is 1.74. The first-order valence-corrected chi connectivity index (χ1v) is 13.0. The van der Waals surface area contributed by atoms with Crippen LogP contribution in [-0.4, -0.2) is 38.2 Å². The molecule has 3 aromatic rings. The summed E-state index contributed by atoms with van der Waals surface area (Å²) in [5.74, 6) is -0.644. The molecule has 1 N–H and O–H groups in total. The molecule has 0 radical (unpaired) electrons. The zero-order valence-electron chi connectivity index (χ0n) is 21.5. The first-order valence-electron chi connectivity index (χ1n) is 11.8. The van der Waals surface area contributed by atoms with Crippen molar-refractivity contribution in [2.45, 2.75) is 27.4 Å². The van der Waals surface area contributed by atoms with Crippen molar-refractivity contribution in [2.24, 2.45) is 0 Å². The number of hydrogen-bond acceptors (Lipinski definition) is 8.